The number of nitrogens with zero attached hydrogens (tertiary/aromatic N) is 1. The fourth-order valence-corrected chi connectivity index (χ4v) is 5.14. The summed E-state index contributed by atoms with van der Waals surface area (Å²) in [6.45, 7) is 3.33. The average molecular weight is 329 g/mol. The smallest absolute Gasteiger partial charge is 0.243 e. The van der Waals surface area contributed by atoms with Gasteiger partial charge in [0.2, 0.25) is 10.0 Å². The highest BCUT2D eigenvalue weighted by Gasteiger charge is 2.40. The van der Waals surface area contributed by atoms with E-state index in [1.807, 2.05) is 0 Å². The molecule has 3 rings (SSSR count). The highest BCUT2D eigenvalue weighted by Crippen LogP contribution is 2.34. The lowest BCUT2D eigenvalue weighted by Gasteiger charge is -2.26. The molecule has 1 unspecified atom stereocenters. The van der Waals surface area contributed by atoms with Crippen molar-refractivity contribution in [1.29, 1.82) is 0 Å². The molecule has 6 heteroatoms. The van der Waals surface area contributed by atoms with E-state index in [1.165, 1.54) is 0 Å². The Kier molecular flexibility index (Phi) is 4.28. The Hall–Kier alpha value is -0.620. The third kappa shape index (κ3) is 3.11. The van der Waals surface area contributed by atoms with Gasteiger partial charge in [-0.05, 0) is 56.8 Å². The lowest BCUT2D eigenvalue weighted by molar-refractivity contribution is 0.362. The number of sulfonamides is 1. The van der Waals surface area contributed by atoms with Crippen LogP contribution >= 0.6 is 11.6 Å². The van der Waals surface area contributed by atoms with Gasteiger partial charge >= 0.3 is 0 Å². The highest BCUT2D eigenvalue weighted by molar-refractivity contribution is 7.89. The van der Waals surface area contributed by atoms with E-state index in [4.69, 9.17) is 11.6 Å². The first kappa shape index (κ1) is 15.3. The van der Waals surface area contributed by atoms with Gasteiger partial charge in [-0.2, -0.15) is 4.31 Å². The average Bonchev–Trinajstić information content (AvgIpc) is 3.15. The fraction of sp³-hybridized carbons (Fsp3) is 0.600. The molecular formula is C15H21ClN2O2S. The predicted octanol–water partition coefficient (Wildman–Crippen LogP) is 2.55. The topological polar surface area (TPSA) is 49.4 Å². The summed E-state index contributed by atoms with van der Waals surface area (Å²) in [5.41, 5.74) is 0.643. The van der Waals surface area contributed by atoms with Gasteiger partial charge in [-0.3, -0.25) is 0 Å². The molecular weight excluding hydrogens is 308 g/mol. The summed E-state index contributed by atoms with van der Waals surface area (Å²) in [4.78, 5) is 0.347. The van der Waals surface area contributed by atoms with Gasteiger partial charge in [0.25, 0.3) is 0 Å². The van der Waals surface area contributed by atoms with Crippen LogP contribution in [0.2, 0.25) is 5.02 Å². The van der Waals surface area contributed by atoms with Crippen LogP contribution in [0.15, 0.2) is 23.1 Å². The van der Waals surface area contributed by atoms with Crippen molar-refractivity contribution < 1.29 is 8.42 Å². The Labute approximate surface area is 131 Å². The van der Waals surface area contributed by atoms with Crippen LogP contribution in [0.1, 0.15) is 31.2 Å². The normalized spacial score (nSPS) is 22.9. The van der Waals surface area contributed by atoms with Crippen LogP contribution in [0.4, 0.5) is 0 Å². The molecule has 0 aromatic heterocycles. The Morgan fingerprint density at radius 2 is 2.10 bits per heavy atom. The number of halogens is 1. The lowest BCUT2D eigenvalue weighted by atomic mass is 10.2. The maximum atomic E-state index is 13.0. The van der Waals surface area contributed by atoms with Gasteiger partial charge in [0.05, 0.1) is 4.90 Å². The molecule has 0 radical (unpaired) electrons. The predicted molar refractivity (Wildman–Crippen MR) is 84.1 cm³/mol. The molecule has 0 amide bonds. The molecule has 1 heterocycles. The van der Waals surface area contributed by atoms with Crippen LogP contribution in [0.3, 0.4) is 0 Å². The monoisotopic (exact) mass is 328 g/mol. The first-order valence-electron chi connectivity index (χ1n) is 7.50. The molecule has 1 saturated heterocycles. The largest absolute Gasteiger partial charge is 0.313 e. The first-order chi connectivity index (χ1) is 10.00. The maximum Gasteiger partial charge on any atom is 0.243 e. The van der Waals surface area contributed by atoms with Gasteiger partial charge in [-0.15, -0.1) is 0 Å². The van der Waals surface area contributed by atoms with E-state index in [-0.39, 0.29) is 12.1 Å². The van der Waals surface area contributed by atoms with Crippen molar-refractivity contribution in [1.82, 2.24) is 9.62 Å². The second kappa shape index (κ2) is 5.88. The van der Waals surface area contributed by atoms with Crippen LogP contribution < -0.4 is 5.32 Å². The molecule has 4 nitrogen and oxygen atoms in total. The fourth-order valence-electron chi connectivity index (χ4n) is 2.93. The van der Waals surface area contributed by atoms with Gasteiger partial charge in [0, 0.05) is 23.7 Å². The third-order valence-corrected chi connectivity index (χ3v) is 6.79. The van der Waals surface area contributed by atoms with Gasteiger partial charge in [-0.1, -0.05) is 17.7 Å². The summed E-state index contributed by atoms with van der Waals surface area (Å²) >= 11 is 6.09. The molecule has 2 aliphatic rings. The van der Waals surface area contributed by atoms with E-state index in [0.29, 0.717) is 22.0 Å². The van der Waals surface area contributed by atoms with E-state index in [9.17, 15) is 8.42 Å². The molecule has 1 saturated carbocycles. The van der Waals surface area contributed by atoms with E-state index >= 15 is 0 Å². The molecule has 1 atom stereocenters. The first-order valence-corrected chi connectivity index (χ1v) is 9.32. The molecule has 0 bridgehead atoms. The molecule has 1 N–H and O–H groups in total. The van der Waals surface area contributed by atoms with Gasteiger partial charge < -0.3 is 5.32 Å². The summed E-state index contributed by atoms with van der Waals surface area (Å²) in [5.74, 6) is 0. The summed E-state index contributed by atoms with van der Waals surface area (Å²) in [5, 5.41) is 3.89. The Morgan fingerprint density at radius 1 is 1.33 bits per heavy atom. The van der Waals surface area contributed by atoms with Crippen molar-refractivity contribution in [2.24, 2.45) is 0 Å². The number of hydrogen-bond donors (Lipinski definition) is 1. The molecule has 0 spiro atoms. The number of nitrogens with one attached hydrogen (secondary N) is 1. The number of benzene rings is 1. The van der Waals surface area contributed by atoms with E-state index < -0.39 is 10.0 Å². The number of rotatable bonds is 5. The number of hydrogen-bond acceptors (Lipinski definition) is 3. The van der Waals surface area contributed by atoms with Crippen LogP contribution in [0.25, 0.3) is 0 Å². The van der Waals surface area contributed by atoms with E-state index in [1.54, 1.807) is 29.4 Å². The van der Waals surface area contributed by atoms with Crippen molar-refractivity contribution in [2.75, 3.05) is 13.1 Å². The maximum absolute atomic E-state index is 13.0. The van der Waals surface area contributed by atoms with Crippen molar-refractivity contribution in [2.45, 2.75) is 49.6 Å². The standard InChI is InChI=1S/C15H21ClN2O2S/c1-11-14(16)5-2-6-15(11)21(19,20)18(13-7-8-13)10-12-4-3-9-17-12/h2,5-6,12-13,17H,3-4,7-10H2,1H3. The SMILES string of the molecule is Cc1c(Cl)cccc1S(=O)(=O)N(CC1CCCN1)C1CC1. The van der Waals surface area contributed by atoms with Crippen LogP contribution in [0.5, 0.6) is 0 Å². The summed E-state index contributed by atoms with van der Waals surface area (Å²) in [7, 11) is -3.47. The molecule has 21 heavy (non-hydrogen) atoms. The Bertz CT molecular complexity index is 623. The molecule has 2 fully saturated rings. The van der Waals surface area contributed by atoms with E-state index in [0.717, 1.165) is 32.2 Å². The molecule has 1 aliphatic heterocycles. The second-order valence-corrected chi connectivity index (χ2v) is 8.23. The van der Waals surface area contributed by atoms with Crippen molar-refractivity contribution in [3.05, 3.63) is 28.8 Å². The molecule has 1 aliphatic carbocycles. The van der Waals surface area contributed by atoms with Gasteiger partial charge in [0.1, 0.15) is 0 Å². The molecule has 1 aromatic rings. The highest BCUT2D eigenvalue weighted by atomic mass is 35.5. The zero-order valence-electron chi connectivity index (χ0n) is 12.2. The minimum Gasteiger partial charge on any atom is -0.313 e. The van der Waals surface area contributed by atoms with Gasteiger partial charge in [0.15, 0.2) is 0 Å². The zero-order valence-corrected chi connectivity index (χ0v) is 13.8. The zero-order chi connectivity index (χ0) is 15.0. The quantitative estimate of drug-likeness (QED) is 0.903. The van der Waals surface area contributed by atoms with Crippen molar-refractivity contribution in [3.8, 4) is 0 Å². The third-order valence-electron chi connectivity index (χ3n) is 4.32. The minimum atomic E-state index is -3.47. The Morgan fingerprint density at radius 3 is 2.71 bits per heavy atom. The van der Waals surface area contributed by atoms with Crippen LogP contribution in [-0.4, -0.2) is 37.9 Å². The Balaban J connectivity index is 1.91. The molecule has 1 aromatic carbocycles. The minimum absolute atomic E-state index is 0.163. The van der Waals surface area contributed by atoms with Crippen LogP contribution in [0, 0.1) is 6.92 Å². The molecule has 116 valence electrons. The summed E-state index contributed by atoms with van der Waals surface area (Å²) in [6.07, 6.45) is 4.10. The van der Waals surface area contributed by atoms with Crippen molar-refractivity contribution in [3.63, 3.8) is 0 Å². The summed E-state index contributed by atoms with van der Waals surface area (Å²) in [6, 6.07) is 5.54. The van der Waals surface area contributed by atoms with Crippen LogP contribution in [-0.2, 0) is 10.0 Å². The second-order valence-electron chi connectivity index (χ2n) is 5.96. The van der Waals surface area contributed by atoms with E-state index in [2.05, 4.69) is 5.32 Å². The lowest BCUT2D eigenvalue weighted by Crippen LogP contribution is -2.42. The van der Waals surface area contributed by atoms with Gasteiger partial charge in [-0.25, -0.2) is 8.42 Å². The van der Waals surface area contributed by atoms with Crippen molar-refractivity contribution >= 4 is 21.6 Å². The summed E-state index contributed by atoms with van der Waals surface area (Å²) < 4.78 is 27.7.